The van der Waals surface area contributed by atoms with Crippen LogP contribution in [0.4, 0.5) is 15.9 Å². The Labute approximate surface area is 176 Å². The zero-order valence-corrected chi connectivity index (χ0v) is 17.9. The second-order valence-electron chi connectivity index (χ2n) is 5.75. The largest absolute Gasteiger partial charge is 0.394 e. The summed E-state index contributed by atoms with van der Waals surface area (Å²) in [4.78, 5) is 34.7. The number of nitrogens with zero attached hydrogens (tertiary/aromatic N) is 2. The van der Waals surface area contributed by atoms with Crippen LogP contribution in [-0.4, -0.2) is 33.8 Å². The van der Waals surface area contributed by atoms with Crippen LogP contribution in [-0.2, 0) is 11.9 Å². The molecule has 11 heteroatoms. The molecule has 3 aromatic rings. The summed E-state index contributed by atoms with van der Waals surface area (Å²) in [7, 11) is 1.48. The number of halogens is 2. The van der Waals surface area contributed by atoms with Gasteiger partial charge in [-0.25, -0.2) is 14.9 Å². The number of benzene rings is 1. The average Bonchev–Trinajstić information content (AvgIpc) is 3.03. The number of hydrogen-bond acceptors (Lipinski definition) is 7. The lowest BCUT2D eigenvalue weighted by Crippen LogP contribution is -2.30. The van der Waals surface area contributed by atoms with E-state index in [0.29, 0.717) is 13.3 Å². The van der Waals surface area contributed by atoms with Crippen molar-refractivity contribution in [3.05, 3.63) is 48.5 Å². The highest BCUT2D eigenvalue weighted by molar-refractivity contribution is 14.1. The third-order valence-corrected chi connectivity index (χ3v) is 5.44. The highest BCUT2D eigenvalue weighted by Crippen LogP contribution is 2.30. The smallest absolute Gasteiger partial charge is 0.280 e. The number of hydroxylamine groups is 1. The van der Waals surface area contributed by atoms with E-state index < -0.39 is 11.7 Å². The van der Waals surface area contributed by atoms with Gasteiger partial charge in [-0.15, -0.1) is 11.3 Å². The number of thiazole rings is 1. The number of carbonyl (C=O) groups is 1. The van der Waals surface area contributed by atoms with Gasteiger partial charge in [-0.05, 0) is 47.7 Å². The van der Waals surface area contributed by atoms with Crippen LogP contribution < -0.4 is 16.4 Å². The maximum atomic E-state index is 14.3. The third kappa shape index (κ3) is 4.01. The molecule has 0 saturated heterocycles. The van der Waals surface area contributed by atoms with E-state index in [1.54, 1.807) is 13.0 Å². The van der Waals surface area contributed by atoms with Crippen LogP contribution in [0, 0.1) is 16.3 Å². The molecule has 2 heterocycles. The number of aliphatic hydroxyl groups excluding tert-OH is 1. The Kier molecular flexibility index (Phi) is 6.27. The minimum Gasteiger partial charge on any atom is -0.394 e. The number of amides is 1. The summed E-state index contributed by atoms with van der Waals surface area (Å²) in [5.41, 5.74) is 2.20. The zero-order valence-electron chi connectivity index (χ0n) is 14.9. The van der Waals surface area contributed by atoms with E-state index in [4.69, 9.17) is 9.94 Å². The molecule has 0 aliphatic rings. The molecule has 0 bridgehead atoms. The summed E-state index contributed by atoms with van der Waals surface area (Å²) < 4.78 is 16.6. The molecule has 0 fully saturated rings. The van der Waals surface area contributed by atoms with E-state index in [1.807, 2.05) is 22.6 Å². The van der Waals surface area contributed by atoms with Crippen molar-refractivity contribution in [3.8, 4) is 0 Å². The third-order valence-electron chi connectivity index (χ3n) is 3.81. The molecule has 0 spiro atoms. The number of hydrogen-bond donors (Lipinski definition) is 3. The van der Waals surface area contributed by atoms with Crippen molar-refractivity contribution >= 4 is 61.6 Å². The maximum Gasteiger partial charge on any atom is 0.280 e. The fourth-order valence-electron chi connectivity index (χ4n) is 2.57. The summed E-state index contributed by atoms with van der Waals surface area (Å²) in [5.74, 6) is -1.13. The second kappa shape index (κ2) is 8.51. The first-order chi connectivity index (χ1) is 13.3. The molecule has 0 saturated carbocycles. The lowest BCUT2D eigenvalue weighted by atomic mass is 10.2. The van der Waals surface area contributed by atoms with Crippen LogP contribution in [0.2, 0.25) is 0 Å². The number of pyridine rings is 1. The van der Waals surface area contributed by atoms with Crippen molar-refractivity contribution in [3.63, 3.8) is 0 Å². The molecule has 0 radical (unpaired) electrons. The van der Waals surface area contributed by atoms with Gasteiger partial charge in [0.1, 0.15) is 27.4 Å². The van der Waals surface area contributed by atoms with Crippen LogP contribution >= 0.6 is 33.9 Å². The van der Waals surface area contributed by atoms with Crippen LogP contribution in [0.3, 0.4) is 0 Å². The van der Waals surface area contributed by atoms with Gasteiger partial charge in [-0.1, -0.05) is 0 Å². The highest BCUT2D eigenvalue weighted by Gasteiger charge is 2.24. The molecule has 0 unspecified atom stereocenters. The highest BCUT2D eigenvalue weighted by atomic mass is 127. The number of fused-ring (bicyclic) bond motifs is 1. The second-order valence-corrected chi connectivity index (χ2v) is 8.20. The molecular weight excluding hydrogens is 502 g/mol. The van der Waals surface area contributed by atoms with Crippen LogP contribution in [0.5, 0.6) is 0 Å². The van der Waals surface area contributed by atoms with Crippen molar-refractivity contribution in [2.24, 2.45) is 7.05 Å². The van der Waals surface area contributed by atoms with Crippen molar-refractivity contribution < 1.29 is 19.1 Å². The van der Waals surface area contributed by atoms with E-state index in [1.165, 1.54) is 23.7 Å². The Morgan fingerprint density at radius 2 is 2.21 bits per heavy atom. The SMILES string of the molecule is Cc1nc2c(C(=O)NOCCO)c(Nc3ccc(I)cc3F)n(C)c(=O)c2s1. The Bertz CT molecular complexity index is 1110. The first-order valence-corrected chi connectivity index (χ1v) is 9.98. The number of aryl methyl sites for hydroxylation is 1. The van der Waals surface area contributed by atoms with Gasteiger partial charge in [0, 0.05) is 10.6 Å². The molecular formula is C17H16FIN4O4S. The van der Waals surface area contributed by atoms with Gasteiger partial charge >= 0.3 is 0 Å². The van der Waals surface area contributed by atoms with Crippen molar-refractivity contribution in [1.29, 1.82) is 0 Å². The van der Waals surface area contributed by atoms with E-state index in [-0.39, 0.29) is 41.4 Å². The van der Waals surface area contributed by atoms with Crippen molar-refractivity contribution in [2.45, 2.75) is 6.92 Å². The van der Waals surface area contributed by atoms with Gasteiger partial charge in [-0.2, -0.15) is 0 Å². The van der Waals surface area contributed by atoms with Crippen LogP contribution in [0.15, 0.2) is 23.0 Å². The molecule has 0 aliphatic carbocycles. The predicted molar refractivity (Wildman–Crippen MR) is 113 cm³/mol. The van der Waals surface area contributed by atoms with Crippen LogP contribution in [0.1, 0.15) is 15.4 Å². The number of aliphatic hydroxyl groups is 1. The van der Waals surface area contributed by atoms with Gasteiger partial charge in [0.15, 0.2) is 0 Å². The van der Waals surface area contributed by atoms with E-state index >= 15 is 0 Å². The van der Waals surface area contributed by atoms with Gasteiger partial charge in [-0.3, -0.25) is 19.0 Å². The Morgan fingerprint density at radius 1 is 1.46 bits per heavy atom. The summed E-state index contributed by atoms with van der Waals surface area (Å²) in [5, 5.41) is 12.3. The quantitative estimate of drug-likeness (QED) is 0.263. The fourth-order valence-corrected chi connectivity index (χ4v) is 3.92. The Hall–Kier alpha value is -2.09. The summed E-state index contributed by atoms with van der Waals surface area (Å²) >= 11 is 3.15. The van der Waals surface area contributed by atoms with Gasteiger partial charge in [0.25, 0.3) is 11.5 Å². The molecule has 3 N–H and O–H groups in total. The van der Waals surface area contributed by atoms with E-state index in [9.17, 15) is 14.0 Å². The topological polar surface area (TPSA) is 105 Å². The molecule has 1 aromatic carbocycles. The average molecular weight is 518 g/mol. The minimum absolute atomic E-state index is 0.0392. The van der Waals surface area contributed by atoms with E-state index in [2.05, 4.69) is 15.8 Å². The lowest BCUT2D eigenvalue weighted by molar-refractivity contribution is 0.0169. The molecule has 2 aromatic heterocycles. The minimum atomic E-state index is -0.673. The zero-order chi connectivity index (χ0) is 20.4. The molecule has 8 nitrogen and oxygen atoms in total. The molecule has 1 amide bonds. The summed E-state index contributed by atoms with van der Waals surface area (Å²) in [6.07, 6.45) is 0. The first kappa shape index (κ1) is 20.6. The molecule has 28 heavy (non-hydrogen) atoms. The monoisotopic (exact) mass is 518 g/mol. The Balaban J connectivity index is 2.19. The van der Waals surface area contributed by atoms with E-state index in [0.717, 1.165) is 11.3 Å². The number of carbonyl (C=O) groups excluding carboxylic acids is 1. The molecule has 0 atom stereocenters. The molecule has 0 aliphatic heterocycles. The Morgan fingerprint density at radius 3 is 2.89 bits per heavy atom. The van der Waals surface area contributed by atoms with Crippen molar-refractivity contribution in [1.82, 2.24) is 15.0 Å². The number of rotatable bonds is 6. The molecule has 148 valence electrons. The van der Waals surface area contributed by atoms with Gasteiger partial charge < -0.3 is 10.4 Å². The number of anilines is 2. The summed E-state index contributed by atoms with van der Waals surface area (Å²) in [6, 6.07) is 4.54. The predicted octanol–water partition coefficient (Wildman–Crippen LogP) is 2.44. The van der Waals surface area contributed by atoms with Crippen molar-refractivity contribution in [2.75, 3.05) is 18.5 Å². The fraction of sp³-hybridized carbons (Fsp3) is 0.235. The van der Waals surface area contributed by atoms with Gasteiger partial charge in [0.05, 0.1) is 23.9 Å². The number of nitrogens with one attached hydrogen (secondary N) is 2. The number of aromatic nitrogens is 2. The maximum absolute atomic E-state index is 14.3. The normalized spacial score (nSPS) is 11.0. The van der Waals surface area contributed by atoms with Crippen LogP contribution in [0.25, 0.3) is 10.2 Å². The standard InChI is InChI=1S/C17H16FIN4O4S/c1-8-20-13-12(16(25)22-27-6-5-24)15(23(2)17(26)14(13)28-8)21-11-4-3-9(19)7-10(11)18/h3-4,7,21,24H,5-6H2,1-2H3,(H,22,25). The molecule has 3 rings (SSSR count). The lowest BCUT2D eigenvalue weighted by Gasteiger charge is -2.17. The first-order valence-electron chi connectivity index (χ1n) is 8.08. The summed E-state index contributed by atoms with van der Waals surface area (Å²) in [6.45, 7) is 1.34. The van der Waals surface area contributed by atoms with Gasteiger partial charge in [0.2, 0.25) is 0 Å².